The summed E-state index contributed by atoms with van der Waals surface area (Å²) in [6.07, 6.45) is 2.29. The number of ether oxygens (including phenoxy) is 3. The van der Waals surface area contributed by atoms with Crippen LogP contribution in [0.5, 0.6) is 5.75 Å². The Morgan fingerprint density at radius 1 is 1.19 bits per heavy atom. The summed E-state index contributed by atoms with van der Waals surface area (Å²) in [4.78, 5) is 40.5. The fraction of sp³-hybridized carbons (Fsp3) is 0.409. The number of carbonyl (C=O) groups is 2. The Morgan fingerprint density at radius 3 is 2.71 bits per heavy atom. The quantitative estimate of drug-likeness (QED) is 0.658. The molecular weight excluding hydrogens is 402 g/mol. The summed E-state index contributed by atoms with van der Waals surface area (Å²) in [6, 6.07) is 10.7. The molecule has 0 aliphatic carbocycles. The normalized spacial score (nSPS) is 18.2. The molecule has 0 unspecified atom stereocenters. The van der Waals surface area contributed by atoms with Crippen molar-refractivity contribution in [3.8, 4) is 5.75 Å². The van der Waals surface area contributed by atoms with Gasteiger partial charge < -0.3 is 19.1 Å². The molecule has 0 saturated carbocycles. The highest BCUT2D eigenvalue weighted by Gasteiger charge is 2.38. The third kappa shape index (κ3) is 4.33. The molecule has 1 aromatic carbocycles. The van der Waals surface area contributed by atoms with Crippen LogP contribution in [0.3, 0.4) is 0 Å². The van der Waals surface area contributed by atoms with E-state index in [4.69, 9.17) is 14.2 Å². The minimum absolute atomic E-state index is 0.0251. The summed E-state index contributed by atoms with van der Waals surface area (Å²) in [6.45, 7) is 1.25. The van der Waals surface area contributed by atoms with Crippen LogP contribution in [0, 0.1) is 0 Å². The number of hydrogen-bond donors (Lipinski definition) is 0. The monoisotopic (exact) mass is 427 g/mol. The molecule has 9 heteroatoms. The number of carbonyl (C=O) groups excluding carboxylic acids is 2. The standard InChI is InChI=1S/C22H25N3O6/c1-29-13-11-23-15-25(21(27)18-8-5-12-30-18)24-10-9-17(26)20(19(24)22(23)28)31-14-16-6-3-2-4-7-16/h2-4,6-7,9-10,18H,5,8,11-15H2,1H3/t18-/m1/s1. The molecule has 3 heterocycles. The maximum absolute atomic E-state index is 13.3. The first kappa shape index (κ1) is 21.1. The lowest BCUT2D eigenvalue weighted by Gasteiger charge is -2.39. The second-order valence-electron chi connectivity index (χ2n) is 7.42. The van der Waals surface area contributed by atoms with Crippen LogP contribution < -0.4 is 15.2 Å². The van der Waals surface area contributed by atoms with Gasteiger partial charge in [-0.15, -0.1) is 0 Å². The molecular formula is C22H25N3O6. The molecule has 0 N–H and O–H groups in total. The van der Waals surface area contributed by atoms with Gasteiger partial charge in [-0.05, 0) is 18.4 Å². The maximum atomic E-state index is 13.3. The Bertz CT molecular complexity index is 1000. The zero-order chi connectivity index (χ0) is 21.8. The fourth-order valence-corrected chi connectivity index (χ4v) is 3.71. The lowest BCUT2D eigenvalue weighted by molar-refractivity contribution is -0.129. The van der Waals surface area contributed by atoms with Crippen LogP contribution in [-0.4, -0.2) is 61.0 Å². The molecule has 1 fully saturated rings. The van der Waals surface area contributed by atoms with Gasteiger partial charge in [0.1, 0.15) is 19.4 Å². The number of nitrogens with zero attached hydrogens (tertiary/aromatic N) is 3. The molecule has 2 aliphatic rings. The molecule has 2 amide bonds. The van der Waals surface area contributed by atoms with Crippen LogP contribution in [-0.2, 0) is 20.9 Å². The number of fused-ring (bicyclic) bond motifs is 1. The van der Waals surface area contributed by atoms with Gasteiger partial charge in [-0.1, -0.05) is 30.3 Å². The molecule has 1 saturated heterocycles. The van der Waals surface area contributed by atoms with E-state index >= 15 is 0 Å². The summed E-state index contributed by atoms with van der Waals surface area (Å²) in [5, 5.41) is 1.43. The van der Waals surface area contributed by atoms with Crippen LogP contribution in [0.4, 0.5) is 0 Å². The maximum Gasteiger partial charge on any atom is 0.278 e. The first-order valence-corrected chi connectivity index (χ1v) is 10.2. The van der Waals surface area contributed by atoms with E-state index in [0.29, 0.717) is 19.6 Å². The lowest BCUT2D eigenvalue weighted by atomic mass is 10.2. The van der Waals surface area contributed by atoms with Crippen molar-refractivity contribution >= 4 is 11.8 Å². The van der Waals surface area contributed by atoms with Gasteiger partial charge in [-0.25, -0.2) is 9.69 Å². The van der Waals surface area contributed by atoms with E-state index in [2.05, 4.69) is 0 Å². The smallest absolute Gasteiger partial charge is 0.278 e. The highest BCUT2D eigenvalue weighted by Crippen LogP contribution is 2.24. The lowest BCUT2D eigenvalue weighted by Crippen LogP contribution is -2.59. The number of amides is 2. The molecule has 9 nitrogen and oxygen atoms in total. The first-order valence-electron chi connectivity index (χ1n) is 10.2. The molecule has 0 radical (unpaired) electrons. The van der Waals surface area contributed by atoms with Crippen molar-refractivity contribution in [3.63, 3.8) is 0 Å². The zero-order valence-electron chi connectivity index (χ0n) is 17.4. The van der Waals surface area contributed by atoms with E-state index in [1.165, 1.54) is 34.0 Å². The molecule has 4 rings (SSSR count). The van der Waals surface area contributed by atoms with E-state index in [1.807, 2.05) is 30.3 Å². The van der Waals surface area contributed by atoms with Crippen molar-refractivity contribution in [1.29, 1.82) is 0 Å². The van der Waals surface area contributed by atoms with Crippen molar-refractivity contribution in [3.05, 3.63) is 64.1 Å². The third-order valence-electron chi connectivity index (χ3n) is 5.34. The van der Waals surface area contributed by atoms with Crippen LogP contribution in [0.2, 0.25) is 0 Å². The van der Waals surface area contributed by atoms with Gasteiger partial charge in [0.15, 0.2) is 11.4 Å². The Hall–Kier alpha value is -3.17. The average molecular weight is 427 g/mol. The van der Waals surface area contributed by atoms with Crippen LogP contribution in [0.25, 0.3) is 0 Å². The molecule has 1 atom stereocenters. The number of hydrogen-bond acceptors (Lipinski definition) is 6. The predicted molar refractivity (Wildman–Crippen MR) is 111 cm³/mol. The molecule has 164 valence electrons. The highest BCUT2D eigenvalue weighted by molar-refractivity contribution is 6.00. The van der Waals surface area contributed by atoms with Crippen molar-refractivity contribution < 1.29 is 23.8 Å². The van der Waals surface area contributed by atoms with Gasteiger partial charge in [-0.3, -0.25) is 14.4 Å². The first-order chi connectivity index (χ1) is 15.1. The largest absolute Gasteiger partial charge is 0.482 e. The molecule has 2 aliphatic heterocycles. The minimum Gasteiger partial charge on any atom is -0.482 e. The van der Waals surface area contributed by atoms with Gasteiger partial charge >= 0.3 is 0 Å². The van der Waals surface area contributed by atoms with E-state index in [1.54, 1.807) is 0 Å². The van der Waals surface area contributed by atoms with Crippen molar-refractivity contribution in [2.24, 2.45) is 0 Å². The molecule has 1 aromatic heterocycles. The van der Waals surface area contributed by atoms with E-state index in [9.17, 15) is 14.4 Å². The van der Waals surface area contributed by atoms with Crippen molar-refractivity contribution in [1.82, 2.24) is 9.58 Å². The Kier molecular flexibility index (Phi) is 6.34. The molecule has 0 bridgehead atoms. The third-order valence-corrected chi connectivity index (χ3v) is 5.34. The highest BCUT2D eigenvalue weighted by atomic mass is 16.5. The van der Waals surface area contributed by atoms with Gasteiger partial charge in [0.2, 0.25) is 5.43 Å². The summed E-state index contributed by atoms with van der Waals surface area (Å²) >= 11 is 0. The second kappa shape index (κ2) is 9.32. The van der Waals surface area contributed by atoms with Crippen LogP contribution in [0.1, 0.15) is 28.9 Å². The number of aromatic nitrogens is 1. The van der Waals surface area contributed by atoms with E-state index in [0.717, 1.165) is 12.0 Å². The van der Waals surface area contributed by atoms with E-state index < -0.39 is 17.4 Å². The minimum atomic E-state index is -0.571. The Morgan fingerprint density at radius 2 is 2.00 bits per heavy atom. The number of methoxy groups -OCH3 is 1. The Labute approximate surface area is 179 Å². The van der Waals surface area contributed by atoms with Gasteiger partial charge in [0, 0.05) is 32.5 Å². The topological polar surface area (TPSA) is 90.3 Å². The molecule has 31 heavy (non-hydrogen) atoms. The fourth-order valence-electron chi connectivity index (χ4n) is 3.71. The van der Waals surface area contributed by atoms with E-state index in [-0.39, 0.29) is 37.2 Å². The van der Waals surface area contributed by atoms with Crippen LogP contribution >= 0.6 is 0 Å². The van der Waals surface area contributed by atoms with Crippen LogP contribution in [0.15, 0.2) is 47.4 Å². The Balaban J connectivity index is 1.71. The number of rotatable bonds is 7. The second-order valence-corrected chi connectivity index (χ2v) is 7.42. The summed E-state index contributed by atoms with van der Waals surface area (Å²) in [5.74, 6) is -0.732. The van der Waals surface area contributed by atoms with Gasteiger partial charge in [0.05, 0.1) is 6.61 Å². The number of pyridine rings is 1. The SMILES string of the molecule is COCCN1CN(C(=O)[C@H]2CCCO2)n2ccc(=O)c(OCc3ccccc3)c2C1=O. The van der Waals surface area contributed by atoms with Gasteiger partial charge in [-0.2, -0.15) is 0 Å². The molecule has 0 spiro atoms. The predicted octanol–water partition coefficient (Wildman–Crippen LogP) is 1.13. The average Bonchev–Trinajstić information content (AvgIpc) is 3.33. The van der Waals surface area contributed by atoms with Crippen molar-refractivity contribution in [2.45, 2.75) is 25.6 Å². The summed E-state index contributed by atoms with van der Waals surface area (Å²) in [7, 11) is 1.54. The van der Waals surface area contributed by atoms with Crippen molar-refractivity contribution in [2.75, 3.05) is 38.5 Å². The summed E-state index contributed by atoms with van der Waals surface area (Å²) < 4.78 is 17.9. The number of benzene rings is 1. The van der Waals surface area contributed by atoms with Gasteiger partial charge in [0.25, 0.3) is 11.8 Å². The molecule has 2 aromatic rings. The zero-order valence-corrected chi connectivity index (χ0v) is 17.4. The summed E-state index contributed by atoms with van der Waals surface area (Å²) in [5.41, 5.74) is 0.460.